The van der Waals surface area contributed by atoms with E-state index in [-0.39, 0.29) is 12.0 Å². The summed E-state index contributed by atoms with van der Waals surface area (Å²) in [6.45, 7) is 0. The molecular formula is C11H10F2N2O. The second-order valence-electron chi connectivity index (χ2n) is 3.43. The largest absolute Gasteiger partial charge is 0.385 e. The molecule has 5 heteroatoms. The van der Waals surface area contributed by atoms with Gasteiger partial charge in [0.1, 0.15) is 23.6 Å². The van der Waals surface area contributed by atoms with Crippen LogP contribution in [0.1, 0.15) is 17.5 Å². The highest BCUT2D eigenvalue weighted by atomic mass is 19.1. The van der Waals surface area contributed by atoms with Gasteiger partial charge in [-0.1, -0.05) is 6.07 Å². The Morgan fingerprint density at radius 3 is 2.81 bits per heavy atom. The minimum Gasteiger partial charge on any atom is -0.385 e. The van der Waals surface area contributed by atoms with Crippen molar-refractivity contribution in [3.8, 4) is 0 Å². The summed E-state index contributed by atoms with van der Waals surface area (Å²) < 4.78 is 25.9. The molecule has 0 aliphatic heterocycles. The van der Waals surface area contributed by atoms with Gasteiger partial charge in [0.15, 0.2) is 0 Å². The molecular weight excluding hydrogens is 214 g/mol. The highest BCUT2D eigenvalue weighted by Crippen LogP contribution is 2.17. The number of hydrogen-bond donors (Lipinski definition) is 2. The molecule has 1 atom stereocenters. The van der Waals surface area contributed by atoms with E-state index in [2.05, 4.69) is 9.97 Å². The van der Waals surface area contributed by atoms with Crippen LogP contribution in [0.4, 0.5) is 8.78 Å². The first-order valence-electron chi connectivity index (χ1n) is 4.78. The second-order valence-corrected chi connectivity index (χ2v) is 3.43. The first-order chi connectivity index (χ1) is 7.66. The van der Waals surface area contributed by atoms with Crippen molar-refractivity contribution >= 4 is 0 Å². The number of imidazole rings is 1. The Balaban J connectivity index is 2.15. The molecule has 0 bridgehead atoms. The number of H-pyrrole nitrogens is 1. The lowest BCUT2D eigenvalue weighted by atomic mass is 10.1. The van der Waals surface area contributed by atoms with Crippen molar-refractivity contribution in [3.05, 3.63) is 53.6 Å². The van der Waals surface area contributed by atoms with E-state index in [1.165, 1.54) is 12.3 Å². The number of rotatable bonds is 3. The van der Waals surface area contributed by atoms with E-state index >= 15 is 0 Å². The average molecular weight is 224 g/mol. The van der Waals surface area contributed by atoms with Crippen LogP contribution in [-0.4, -0.2) is 15.1 Å². The number of aromatic amines is 1. The highest BCUT2D eigenvalue weighted by Gasteiger charge is 2.13. The third-order valence-electron chi connectivity index (χ3n) is 2.26. The van der Waals surface area contributed by atoms with Crippen LogP contribution < -0.4 is 0 Å². The molecule has 0 aliphatic carbocycles. The zero-order valence-corrected chi connectivity index (χ0v) is 8.32. The lowest BCUT2D eigenvalue weighted by Gasteiger charge is -2.08. The standard InChI is InChI=1S/C11H10F2N2O/c12-8-2-1-7(9(13)6-8)5-10(16)11-14-3-4-15-11/h1-4,6,10,16H,5H2,(H,14,15). The minimum absolute atomic E-state index is 0.0552. The monoisotopic (exact) mass is 224 g/mol. The molecule has 1 unspecified atom stereocenters. The van der Waals surface area contributed by atoms with Crippen molar-refractivity contribution in [1.82, 2.24) is 9.97 Å². The fraction of sp³-hybridized carbons (Fsp3) is 0.182. The van der Waals surface area contributed by atoms with Crippen LogP contribution in [-0.2, 0) is 6.42 Å². The smallest absolute Gasteiger partial charge is 0.135 e. The van der Waals surface area contributed by atoms with E-state index in [0.29, 0.717) is 5.82 Å². The molecule has 0 aliphatic rings. The summed E-state index contributed by atoms with van der Waals surface area (Å²) in [4.78, 5) is 6.59. The zero-order chi connectivity index (χ0) is 11.5. The minimum atomic E-state index is -0.921. The Morgan fingerprint density at radius 1 is 1.38 bits per heavy atom. The molecule has 0 radical (unpaired) electrons. The molecule has 0 fully saturated rings. The van der Waals surface area contributed by atoms with Crippen molar-refractivity contribution in [2.45, 2.75) is 12.5 Å². The van der Waals surface area contributed by atoms with E-state index in [0.717, 1.165) is 12.1 Å². The predicted molar refractivity (Wildman–Crippen MR) is 53.6 cm³/mol. The normalized spacial score (nSPS) is 12.7. The van der Waals surface area contributed by atoms with Crippen molar-refractivity contribution in [2.24, 2.45) is 0 Å². The van der Waals surface area contributed by atoms with Crippen LogP contribution in [0.15, 0.2) is 30.6 Å². The third-order valence-corrected chi connectivity index (χ3v) is 2.26. The summed E-state index contributed by atoms with van der Waals surface area (Å²) in [5, 5.41) is 9.70. The fourth-order valence-corrected chi connectivity index (χ4v) is 1.45. The number of benzene rings is 1. The number of hydrogen-bond acceptors (Lipinski definition) is 2. The Morgan fingerprint density at radius 2 is 2.19 bits per heavy atom. The molecule has 16 heavy (non-hydrogen) atoms. The predicted octanol–water partition coefficient (Wildman–Crippen LogP) is 1.96. The van der Waals surface area contributed by atoms with Gasteiger partial charge in [0, 0.05) is 24.9 Å². The topological polar surface area (TPSA) is 48.9 Å². The summed E-state index contributed by atoms with van der Waals surface area (Å²) >= 11 is 0. The molecule has 1 heterocycles. The van der Waals surface area contributed by atoms with E-state index in [4.69, 9.17) is 0 Å². The second kappa shape index (κ2) is 4.40. The van der Waals surface area contributed by atoms with Gasteiger partial charge in [-0.05, 0) is 11.6 Å². The SMILES string of the molecule is OC(Cc1ccc(F)cc1F)c1ncc[nH]1. The van der Waals surface area contributed by atoms with E-state index in [9.17, 15) is 13.9 Å². The van der Waals surface area contributed by atoms with Gasteiger partial charge in [0.25, 0.3) is 0 Å². The quantitative estimate of drug-likeness (QED) is 0.837. The summed E-state index contributed by atoms with van der Waals surface area (Å²) in [6, 6.07) is 3.27. The van der Waals surface area contributed by atoms with E-state index < -0.39 is 17.7 Å². The van der Waals surface area contributed by atoms with Crippen molar-refractivity contribution in [2.75, 3.05) is 0 Å². The highest BCUT2D eigenvalue weighted by molar-refractivity contribution is 5.20. The van der Waals surface area contributed by atoms with Crippen LogP contribution in [0.5, 0.6) is 0 Å². The molecule has 1 aromatic carbocycles. The first kappa shape index (κ1) is 10.8. The molecule has 2 N–H and O–H groups in total. The number of aliphatic hydroxyl groups excluding tert-OH is 1. The molecule has 1 aromatic heterocycles. The lowest BCUT2D eigenvalue weighted by molar-refractivity contribution is 0.168. The Labute approximate surface area is 90.8 Å². The molecule has 3 nitrogen and oxygen atoms in total. The maximum Gasteiger partial charge on any atom is 0.135 e. The number of aliphatic hydroxyl groups is 1. The van der Waals surface area contributed by atoms with Crippen molar-refractivity contribution in [1.29, 1.82) is 0 Å². The van der Waals surface area contributed by atoms with Gasteiger partial charge >= 0.3 is 0 Å². The summed E-state index contributed by atoms with van der Waals surface area (Å²) in [7, 11) is 0. The molecule has 84 valence electrons. The number of nitrogens with zero attached hydrogens (tertiary/aromatic N) is 1. The van der Waals surface area contributed by atoms with Gasteiger partial charge in [-0.15, -0.1) is 0 Å². The lowest BCUT2D eigenvalue weighted by Crippen LogP contribution is -2.05. The van der Waals surface area contributed by atoms with Gasteiger partial charge in [-0.25, -0.2) is 13.8 Å². The fourth-order valence-electron chi connectivity index (χ4n) is 1.45. The van der Waals surface area contributed by atoms with Gasteiger partial charge in [0.05, 0.1) is 0 Å². The Hall–Kier alpha value is -1.75. The molecule has 0 saturated carbocycles. The first-order valence-corrected chi connectivity index (χ1v) is 4.78. The number of nitrogens with one attached hydrogen (secondary N) is 1. The summed E-state index contributed by atoms with van der Waals surface area (Å²) in [5.74, 6) is -0.928. The van der Waals surface area contributed by atoms with Crippen LogP contribution >= 0.6 is 0 Å². The van der Waals surface area contributed by atoms with Crippen LogP contribution in [0, 0.1) is 11.6 Å². The van der Waals surface area contributed by atoms with E-state index in [1.54, 1.807) is 6.20 Å². The van der Waals surface area contributed by atoms with Crippen LogP contribution in [0.3, 0.4) is 0 Å². The number of halogens is 2. The maximum atomic E-state index is 13.3. The third kappa shape index (κ3) is 2.25. The van der Waals surface area contributed by atoms with Gasteiger partial charge in [0.2, 0.25) is 0 Å². The van der Waals surface area contributed by atoms with Gasteiger partial charge < -0.3 is 10.1 Å². The summed E-state index contributed by atoms with van der Waals surface area (Å²) in [5.41, 5.74) is 0.255. The molecule has 2 aromatic rings. The Bertz CT molecular complexity index is 471. The Kier molecular flexibility index (Phi) is 2.96. The molecule has 0 spiro atoms. The van der Waals surface area contributed by atoms with Gasteiger partial charge in [-0.3, -0.25) is 0 Å². The number of aromatic nitrogens is 2. The zero-order valence-electron chi connectivity index (χ0n) is 8.32. The van der Waals surface area contributed by atoms with Crippen LogP contribution in [0.2, 0.25) is 0 Å². The molecule has 0 saturated heterocycles. The van der Waals surface area contributed by atoms with Gasteiger partial charge in [-0.2, -0.15) is 0 Å². The average Bonchev–Trinajstić information content (AvgIpc) is 2.75. The molecule has 0 amide bonds. The van der Waals surface area contributed by atoms with Crippen molar-refractivity contribution in [3.63, 3.8) is 0 Å². The summed E-state index contributed by atoms with van der Waals surface area (Å²) in [6.07, 6.45) is 2.20. The molecule has 2 rings (SSSR count). The van der Waals surface area contributed by atoms with Crippen LogP contribution in [0.25, 0.3) is 0 Å². The van der Waals surface area contributed by atoms with E-state index in [1.807, 2.05) is 0 Å². The van der Waals surface area contributed by atoms with Crippen molar-refractivity contribution < 1.29 is 13.9 Å². The maximum absolute atomic E-state index is 13.3.